The summed E-state index contributed by atoms with van der Waals surface area (Å²) in [7, 11) is 0. The molecule has 0 N–H and O–H groups in total. The van der Waals surface area contributed by atoms with E-state index in [0.29, 0.717) is 0 Å². The van der Waals surface area contributed by atoms with Crippen LogP contribution in [0.4, 0.5) is 0 Å². The van der Waals surface area contributed by atoms with Crippen LogP contribution in [0.1, 0.15) is 117 Å². The number of allylic oxidation sites excluding steroid dienone is 11. The van der Waals surface area contributed by atoms with Gasteiger partial charge in [-0.25, -0.2) is 0 Å². The van der Waals surface area contributed by atoms with Crippen molar-refractivity contribution in [2.24, 2.45) is 22.7 Å². The largest absolute Gasteiger partial charge is 0.198 e. The van der Waals surface area contributed by atoms with Gasteiger partial charge < -0.3 is 0 Å². The Morgan fingerprint density at radius 3 is 2.31 bits per heavy atom. The third-order valence-corrected chi connectivity index (χ3v) is 9.63. The van der Waals surface area contributed by atoms with Crippen molar-refractivity contribution >= 4 is 0 Å². The average Bonchev–Trinajstić information content (AvgIpc) is 3.26. The zero-order chi connectivity index (χ0) is 31.0. The number of nitriles is 1. The Bertz CT molecular complexity index is 1170. The first kappa shape index (κ1) is 35.3. The third kappa shape index (κ3) is 11.1. The van der Waals surface area contributed by atoms with Crippen molar-refractivity contribution in [1.29, 1.82) is 5.26 Å². The molecule has 1 aromatic rings. The summed E-state index contributed by atoms with van der Waals surface area (Å²) in [5.74, 6) is 0.862. The second-order valence-electron chi connectivity index (χ2n) is 13.5. The zero-order valence-corrected chi connectivity index (χ0v) is 28.0. The van der Waals surface area contributed by atoms with Crippen LogP contribution in [0.3, 0.4) is 0 Å². The van der Waals surface area contributed by atoms with Crippen molar-refractivity contribution in [3.63, 3.8) is 0 Å². The molecular weight excluding hydrogens is 506 g/mol. The number of aryl methyl sites for hydroxylation is 2. The van der Waals surface area contributed by atoms with Crippen molar-refractivity contribution in [2.75, 3.05) is 0 Å². The van der Waals surface area contributed by atoms with Gasteiger partial charge in [-0.05, 0) is 85.0 Å². The smallest absolute Gasteiger partial charge is 0.0656 e. The van der Waals surface area contributed by atoms with Gasteiger partial charge in [-0.3, -0.25) is 0 Å². The van der Waals surface area contributed by atoms with Gasteiger partial charge in [0, 0.05) is 11.3 Å². The SMILES string of the molecule is C=C/C(=C\C=C\CCC(C#N)CCc1ccccc1CCC(C)CCCC)C(C)(C)C1=CC=C(C(C)(C)CC)CC=C1. The van der Waals surface area contributed by atoms with Gasteiger partial charge in [-0.15, -0.1) is 0 Å². The van der Waals surface area contributed by atoms with Gasteiger partial charge in [0.2, 0.25) is 0 Å². The highest BCUT2D eigenvalue weighted by molar-refractivity contribution is 5.44. The quantitative estimate of drug-likeness (QED) is 0.162. The van der Waals surface area contributed by atoms with Crippen LogP contribution in [0, 0.1) is 34.0 Å². The van der Waals surface area contributed by atoms with Gasteiger partial charge in [-0.1, -0.05) is 153 Å². The fourth-order valence-electron chi connectivity index (χ4n) is 5.78. The van der Waals surface area contributed by atoms with Crippen LogP contribution in [0.25, 0.3) is 0 Å². The molecule has 2 atom stereocenters. The summed E-state index contributed by atoms with van der Waals surface area (Å²) >= 11 is 0. The van der Waals surface area contributed by atoms with Crippen molar-refractivity contribution < 1.29 is 0 Å². The summed E-state index contributed by atoms with van der Waals surface area (Å²) in [4.78, 5) is 0. The van der Waals surface area contributed by atoms with Crippen LogP contribution < -0.4 is 0 Å². The summed E-state index contributed by atoms with van der Waals surface area (Å²) < 4.78 is 0. The third-order valence-electron chi connectivity index (χ3n) is 9.63. The number of rotatable bonds is 18. The van der Waals surface area contributed by atoms with Gasteiger partial charge in [-0.2, -0.15) is 5.26 Å². The fourth-order valence-corrected chi connectivity index (χ4v) is 5.78. The Hall–Kier alpha value is -2.85. The Kier molecular flexibility index (Phi) is 15.1. The molecule has 0 saturated carbocycles. The molecule has 42 heavy (non-hydrogen) atoms. The van der Waals surface area contributed by atoms with E-state index < -0.39 is 0 Å². The Balaban J connectivity index is 1.96. The summed E-state index contributed by atoms with van der Waals surface area (Å²) in [6, 6.07) is 11.5. The molecule has 1 nitrogen and oxygen atoms in total. The van der Waals surface area contributed by atoms with E-state index in [1.54, 1.807) is 0 Å². The number of unbranched alkanes of at least 4 members (excludes halogenated alkanes) is 1. The predicted molar refractivity (Wildman–Crippen MR) is 185 cm³/mol. The summed E-state index contributed by atoms with van der Waals surface area (Å²) in [5.41, 5.74) is 6.99. The highest BCUT2D eigenvalue weighted by Gasteiger charge is 2.26. The number of benzene rings is 1. The molecule has 2 rings (SSSR count). The van der Waals surface area contributed by atoms with E-state index in [2.05, 4.69) is 128 Å². The molecule has 1 aromatic carbocycles. The van der Waals surface area contributed by atoms with Gasteiger partial charge >= 0.3 is 0 Å². The molecule has 0 heterocycles. The lowest BCUT2D eigenvalue weighted by Crippen LogP contribution is -2.16. The maximum Gasteiger partial charge on any atom is 0.0656 e. The molecule has 2 unspecified atom stereocenters. The van der Waals surface area contributed by atoms with Crippen molar-refractivity contribution in [3.05, 3.63) is 107 Å². The molecule has 0 saturated heterocycles. The van der Waals surface area contributed by atoms with Crippen molar-refractivity contribution in [3.8, 4) is 6.07 Å². The van der Waals surface area contributed by atoms with Crippen molar-refractivity contribution in [2.45, 2.75) is 119 Å². The molecule has 228 valence electrons. The second-order valence-corrected chi connectivity index (χ2v) is 13.5. The minimum absolute atomic E-state index is 0.0834. The van der Waals surface area contributed by atoms with E-state index in [1.165, 1.54) is 53.5 Å². The maximum absolute atomic E-state index is 9.86. The minimum Gasteiger partial charge on any atom is -0.198 e. The normalized spacial score (nSPS) is 16.0. The molecule has 0 aromatic heterocycles. The van der Waals surface area contributed by atoms with Crippen LogP contribution in [0.15, 0.2) is 96.2 Å². The van der Waals surface area contributed by atoms with Crippen LogP contribution in [0.2, 0.25) is 0 Å². The topological polar surface area (TPSA) is 23.8 Å². The molecule has 1 heteroatoms. The number of nitrogens with zero attached hydrogens (tertiary/aromatic N) is 1. The average molecular weight is 566 g/mol. The fraction of sp³-hybridized carbons (Fsp3) is 0.537. The highest BCUT2D eigenvalue weighted by atomic mass is 14.3. The standard InChI is InChI=1S/C41H59N/c1-9-12-19-33(4)26-28-35-21-16-17-22-36(35)29-27-34(32-42)20-14-13-15-23-37(10-2)41(7,8)39-25-18-24-38(30-31-39)40(5,6)11-3/h10,13,15-18,21-23,25,30-31,33-34H,2,9,11-12,14,19-20,24,26-29H2,1,3-8H3/b15-13+,37-23+. The van der Waals surface area contributed by atoms with Gasteiger partial charge in [0.1, 0.15) is 0 Å². The van der Waals surface area contributed by atoms with Crippen LogP contribution in [0.5, 0.6) is 0 Å². The van der Waals surface area contributed by atoms with E-state index in [4.69, 9.17) is 0 Å². The van der Waals surface area contributed by atoms with E-state index in [9.17, 15) is 5.26 Å². The molecule has 0 spiro atoms. The van der Waals surface area contributed by atoms with Gasteiger partial charge in [0.25, 0.3) is 0 Å². The first-order valence-corrected chi connectivity index (χ1v) is 16.6. The highest BCUT2D eigenvalue weighted by Crippen LogP contribution is 2.40. The van der Waals surface area contributed by atoms with E-state index >= 15 is 0 Å². The van der Waals surface area contributed by atoms with E-state index in [-0.39, 0.29) is 16.7 Å². The molecule has 0 aliphatic heterocycles. The van der Waals surface area contributed by atoms with Gasteiger partial charge in [0.15, 0.2) is 0 Å². The predicted octanol–water partition coefficient (Wildman–Crippen LogP) is 12.2. The monoisotopic (exact) mass is 565 g/mol. The van der Waals surface area contributed by atoms with E-state index in [0.717, 1.165) is 50.9 Å². The molecule has 1 aliphatic rings. The lowest BCUT2D eigenvalue weighted by molar-refractivity contribution is 0.422. The molecule has 0 amide bonds. The molecule has 1 aliphatic carbocycles. The Labute approximate surface area is 259 Å². The minimum atomic E-state index is -0.138. The van der Waals surface area contributed by atoms with Gasteiger partial charge in [0.05, 0.1) is 6.07 Å². The second kappa shape index (κ2) is 18.0. The summed E-state index contributed by atoms with van der Waals surface area (Å²) in [6.45, 7) is 20.3. The molecular formula is C41H59N. The molecule has 0 radical (unpaired) electrons. The molecule has 0 fully saturated rings. The lowest BCUT2D eigenvalue weighted by atomic mass is 9.76. The Morgan fingerprint density at radius 1 is 1.00 bits per heavy atom. The lowest BCUT2D eigenvalue weighted by Gasteiger charge is -2.28. The number of hydrogen-bond acceptors (Lipinski definition) is 1. The first-order valence-electron chi connectivity index (χ1n) is 16.6. The van der Waals surface area contributed by atoms with E-state index in [1.807, 2.05) is 6.08 Å². The Morgan fingerprint density at radius 2 is 1.69 bits per heavy atom. The first-order chi connectivity index (χ1) is 20.1. The van der Waals surface area contributed by atoms with Crippen LogP contribution in [-0.4, -0.2) is 0 Å². The van der Waals surface area contributed by atoms with Crippen molar-refractivity contribution in [1.82, 2.24) is 0 Å². The number of hydrogen-bond donors (Lipinski definition) is 0. The molecule has 0 bridgehead atoms. The summed E-state index contributed by atoms with van der Waals surface area (Å²) in [5, 5.41) is 9.86. The maximum atomic E-state index is 9.86. The van der Waals surface area contributed by atoms with Crippen LogP contribution >= 0.6 is 0 Å². The summed E-state index contributed by atoms with van der Waals surface area (Å²) in [6.07, 6.45) is 30.0. The van der Waals surface area contributed by atoms with Crippen LogP contribution in [-0.2, 0) is 12.8 Å². The zero-order valence-electron chi connectivity index (χ0n) is 28.0.